The van der Waals surface area contributed by atoms with E-state index in [4.69, 9.17) is 14.2 Å². The Hall–Kier alpha value is -1.59. The first-order valence-electron chi connectivity index (χ1n) is 28.9. The van der Waals surface area contributed by atoms with Crippen LogP contribution in [0.4, 0.5) is 0 Å². The molecule has 380 valence electrons. The van der Waals surface area contributed by atoms with E-state index in [1.54, 1.807) is 0 Å². The molecule has 0 saturated carbocycles. The van der Waals surface area contributed by atoms with Crippen LogP contribution in [0, 0.1) is 5.92 Å². The molecule has 0 rings (SSSR count). The summed E-state index contributed by atoms with van der Waals surface area (Å²) < 4.78 is 16.9. The largest absolute Gasteiger partial charge is 0.462 e. The van der Waals surface area contributed by atoms with Gasteiger partial charge in [0.25, 0.3) is 0 Å². The molecule has 0 fully saturated rings. The molecule has 0 heterocycles. The van der Waals surface area contributed by atoms with Crippen LogP contribution >= 0.6 is 0 Å². The lowest BCUT2D eigenvalue weighted by atomic mass is 9.99. The van der Waals surface area contributed by atoms with Gasteiger partial charge >= 0.3 is 17.9 Å². The average molecular weight is 906 g/mol. The predicted molar refractivity (Wildman–Crippen MR) is 275 cm³/mol. The van der Waals surface area contributed by atoms with Crippen molar-refractivity contribution < 1.29 is 28.6 Å². The van der Waals surface area contributed by atoms with Gasteiger partial charge in [0.2, 0.25) is 0 Å². The summed E-state index contributed by atoms with van der Waals surface area (Å²) in [7, 11) is 0. The fourth-order valence-corrected chi connectivity index (χ4v) is 8.89. The summed E-state index contributed by atoms with van der Waals surface area (Å²) in [6, 6.07) is 0. The molecule has 64 heavy (non-hydrogen) atoms. The van der Waals surface area contributed by atoms with Crippen molar-refractivity contribution in [3.05, 3.63) is 0 Å². The Labute approximate surface area is 399 Å². The maximum absolute atomic E-state index is 12.9. The molecule has 0 spiro atoms. The molecule has 0 aromatic carbocycles. The van der Waals surface area contributed by atoms with Crippen LogP contribution in [0.2, 0.25) is 0 Å². The van der Waals surface area contributed by atoms with Gasteiger partial charge in [0.1, 0.15) is 13.2 Å². The van der Waals surface area contributed by atoms with Gasteiger partial charge in [0.05, 0.1) is 0 Å². The quantitative estimate of drug-likeness (QED) is 0.0344. The molecular weight excluding hydrogens is 793 g/mol. The number of rotatable bonds is 53. The molecule has 0 aliphatic rings. The number of hydrogen-bond donors (Lipinski definition) is 0. The van der Waals surface area contributed by atoms with Gasteiger partial charge in [0.15, 0.2) is 6.10 Å². The summed E-state index contributed by atoms with van der Waals surface area (Å²) in [6.45, 7) is 9.08. The zero-order valence-electron chi connectivity index (χ0n) is 43.8. The van der Waals surface area contributed by atoms with E-state index in [-0.39, 0.29) is 31.1 Å². The summed E-state index contributed by atoms with van der Waals surface area (Å²) in [5, 5.41) is 0. The van der Waals surface area contributed by atoms with Crippen LogP contribution in [0.3, 0.4) is 0 Å². The highest BCUT2D eigenvalue weighted by Gasteiger charge is 2.19. The lowest BCUT2D eigenvalue weighted by Gasteiger charge is -2.18. The fraction of sp³-hybridized carbons (Fsp3) is 0.948. The molecule has 0 bridgehead atoms. The van der Waals surface area contributed by atoms with Crippen molar-refractivity contribution in [2.75, 3.05) is 13.2 Å². The van der Waals surface area contributed by atoms with Crippen molar-refractivity contribution in [1.82, 2.24) is 0 Å². The molecule has 0 N–H and O–H groups in total. The summed E-state index contributed by atoms with van der Waals surface area (Å²) in [4.78, 5) is 38.1. The Morgan fingerprint density at radius 1 is 0.312 bits per heavy atom. The molecule has 1 unspecified atom stereocenters. The molecule has 0 amide bonds. The topological polar surface area (TPSA) is 78.9 Å². The molecule has 0 aliphatic carbocycles. The Morgan fingerprint density at radius 3 is 0.812 bits per heavy atom. The second kappa shape index (κ2) is 52.4. The Kier molecular flexibility index (Phi) is 51.1. The van der Waals surface area contributed by atoms with E-state index in [9.17, 15) is 14.4 Å². The maximum Gasteiger partial charge on any atom is 0.306 e. The first-order chi connectivity index (χ1) is 31.4. The van der Waals surface area contributed by atoms with Gasteiger partial charge in [-0.1, -0.05) is 291 Å². The molecule has 6 heteroatoms. The summed E-state index contributed by atoms with van der Waals surface area (Å²) >= 11 is 0. The van der Waals surface area contributed by atoms with E-state index < -0.39 is 6.10 Å². The molecule has 0 aromatic rings. The SMILES string of the molecule is CCCCCCCCCCCCCCCCCCCCCC(=O)O[C@H](COC(=O)CCCCCCCCCCCCCCC)COC(=O)CCCCCCCCCCCCC(C)CC. The highest BCUT2D eigenvalue weighted by Crippen LogP contribution is 2.18. The third-order valence-electron chi connectivity index (χ3n) is 13.7. The van der Waals surface area contributed by atoms with Gasteiger partial charge < -0.3 is 14.2 Å². The number of ether oxygens (including phenoxy) is 3. The second-order valence-corrected chi connectivity index (χ2v) is 20.2. The van der Waals surface area contributed by atoms with Gasteiger partial charge in [-0.25, -0.2) is 0 Å². The molecule has 2 atom stereocenters. The van der Waals surface area contributed by atoms with E-state index in [1.165, 1.54) is 225 Å². The van der Waals surface area contributed by atoms with Gasteiger partial charge in [-0.15, -0.1) is 0 Å². The van der Waals surface area contributed by atoms with E-state index in [2.05, 4.69) is 27.7 Å². The normalized spacial score (nSPS) is 12.4. The number of hydrogen-bond acceptors (Lipinski definition) is 6. The van der Waals surface area contributed by atoms with Gasteiger partial charge in [-0.3, -0.25) is 14.4 Å². The lowest BCUT2D eigenvalue weighted by molar-refractivity contribution is -0.167. The summed E-state index contributed by atoms with van der Waals surface area (Å²) in [5.74, 6) is 0.0329. The molecule has 0 aliphatic heterocycles. The van der Waals surface area contributed by atoms with Crippen LogP contribution in [-0.4, -0.2) is 37.2 Å². The first-order valence-corrected chi connectivity index (χ1v) is 28.9. The minimum atomic E-state index is -0.762. The van der Waals surface area contributed by atoms with Crippen LogP contribution in [0.15, 0.2) is 0 Å². The van der Waals surface area contributed by atoms with Crippen molar-refractivity contribution in [3.8, 4) is 0 Å². The minimum absolute atomic E-state index is 0.0621. The van der Waals surface area contributed by atoms with E-state index in [0.29, 0.717) is 19.3 Å². The predicted octanol–water partition coefficient (Wildman–Crippen LogP) is 19.0. The Morgan fingerprint density at radius 2 is 0.547 bits per heavy atom. The number of esters is 3. The smallest absolute Gasteiger partial charge is 0.306 e. The summed E-state index contributed by atoms with van der Waals surface area (Å²) in [5.41, 5.74) is 0. The highest BCUT2D eigenvalue weighted by atomic mass is 16.6. The minimum Gasteiger partial charge on any atom is -0.462 e. The van der Waals surface area contributed by atoms with Crippen LogP contribution in [0.5, 0.6) is 0 Å². The Bertz CT molecular complexity index is 966. The molecular formula is C58H112O6. The van der Waals surface area contributed by atoms with Crippen molar-refractivity contribution >= 4 is 17.9 Å². The van der Waals surface area contributed by atoms with Crippen LogP contribution in [-0.2, 0) is 28.6 Å². The lowest BCUT2D eigenvalue weighted by Crippen LogP contribution is -2.30. The number of carbonyl (C=O) groups excluding carboxylic acids is 3. The average Bonchev–Trinajstić information content (AvgIpc) is 3.29. The second-order valence-electron chi connectivity index (χ2n) is 20.2. The van der Waals surface area contributed by atoms with Gasteiger partial charge in [-0.2, -0.15) is 0 Å². The van der Waals surface area contributed by atoms with Crippen LogP contribution in [0.1, 0.15) is 329 Å². The number of carbonyl (C=O) groups is 3. The van der Waals surface area contributed by atoms with Crippen molar-refractivity contribution in [2.45, 2.75) is 336 Å². The molecule has 0 aromatic heterocycles. The maximum atomic E-state index is 12.9. The van der Waals surface area contributed by atoms with E-state index >= 15 is 0 Å². The monoisotopic (exact) mass is 905 g/mol. The molecule has 0 saturated heterocycles. The van der Waals surface area contributed by atoms with Gasteiger partial charge in [-0.05, 0) is 25.2 Å². The van der Waals surface area contributed by atoms with E-state index in [0.717, 1.165) is 63.7 Å². The molecule has 0 radical (unpaired) electrons. The zero-order valence-corrected chi connectivity index (χ0v) is 43.8. The van der Waals surface area contributed by atoms with Crippen molar-refractivity contribution in [1.29, 1.82) is 0 Å². The van der Waals surface area contributed by atoms with Crippen LogP contribution < -0.4 is 0 Å². The summed E-state index contributed by atoms with van der Waals surface area (Å²) in [6.07, 6.45) is 56.6. The number of unbranched alkanes of at least 4 members (excludes halogenated alkanes) is 39. The van der Waals surface area contributed by atoms with Crippen LogP contribution in [0.25, 0.3) is 0 Å². The van der Waals surface area contributed by atoms with Crippen molar-refractivity contribution in [3.63, 3.8) is 0 Å². The molecule has 6 nitrogen and oxygen atoms in total. The zero-order chi connectivity index (χ0) is 46.7. The Balaban J connectivity index is 4.28. The first kappa shape index (κ1) is 62.4. The van der Waals surface area contributed by atoms with Crippen molar-refractivity contribution in [2.24, 2.45) is 5.92 Å². The third-order valence-corrected chi connectivity index (χ3v) is 13.7. The fourth-order valence-electron chi connectivity index (χ4n) is 8.89. The van der Waals surface area contributed by atoms with Gasteiger partial charge in [0, 0.05) is 19.3 Å². The highest BCUT2D eigenvalue weighted by molar-refractivity contribution is 5.71. The third kappa shape index (κ3) is 49.8. The van der Waals surface area contributed by atoms with E-state index in [1.807, 2.05) is 0 Å². The standard InChI is InChI=1S/C58H112O6/c1-5-8-10-12-14-16-18-20-21-22-23-24-25-27-29-35-39-43-47-51-58(61)64-55(52-62-56(59)49-45-41-37-33-28-26-19-17-15-13-11-9-6-2)53-63-57(60)50-46-42-38-34-31-30-32-36-40-44-48-54(4)7-3/h54-55H,5-53H2,1-4H3/t54?,55-/m1/s1.